The van der Waals surface area contributed by atoms with Crippen LogP contribution in [0.25, 0.3) is 0 Å². The number of nitrogens with two attached hydrogens (primary N) is 2. The molecule has 0 radical (unpaired) electrons. The van der Waals surface area contributed by atoms with Crippen LogP contribution >= 0.6 is 0 Å². The Morgan fingerprint density at radius 2 is 2.38 bits per heavy atom. The minimum atomic E-state index is 0.197. The first-order valence-electron chi connectivity index (χ1n) is 4.60. The van der Waals surface area contributed by atoms with Crippen LogP contribution in [0.4, 0.5) is 0 Å². The molecule has 13 heavy (non-hydrogen) atoms. The Kier molecular flexibility index (Phi) is 3.36. The molecule has 1 aliphatic rings. The molecule has 1 saturated heterocycles. The van der Waals surface area contributed by atoms with E-state index in [1.807, 2.05) is 11.8 Å². The molecule has 0 aromatic rings. The summed E-state index contributed by atoms with van der Waals surface area (Å²) < 4.78 is 5.51. The van der Waals surface area contributed by atoms with Crippen molar-refractivity contribution in [2.75, 3.05) is 13.2 Å². The average Bonchev–Trinajstić information content (AvgIpc) is 2.16. The molecule has 2 atom stereocenters. The van der Waals surface area contributed by atoms with Gasteiger partial charge >= 0.3 is 0 Å². The Balaban J connectivity index is 2.65. The standard InChI is InChI=1S/C8H18N4O/c1-3-7-5-13-6(2)4-12(7)8(9)11-10/h6-7H,3-5,10H2,1-2H3,(H2,9,11). The van der Waals surface area contributed by atoms with E-state index < -0.39 is 0 Å². The zero-order chi connectivity index (χ0) is 9.84. The second-order valence-electron chi connectivity index (χ2n) is 3.35. The molecule has 0 aromatic heterocycles. The quantitative estimate of drug-likeness (QED) is 0.254. The molecule has 1 aliphatic heterocycles. The number of hydrogen-bond donors (Lipinski definition) is 2. The van der Waals surface area contributed by atoms with E-state index in [9.17, 15) is 0 Å². The summed E-state index contributed by atoms with van der Waals surface area (Å²) in [7, 11) is 0. The molecule has 0 bridgehead atoms. The maximum Gasteiger partial charge on any atom is 0.213 e. The van der Waals surface area contributed by atoms with Gasteiger partial charge in [0.15, 0.2) is 0 Å². The molecule has 76 valence electrons. The van der Waals surface area contributed by atoms with Crippen molar-refractivity contribution < 1.29 is 4.74 Å². The van der Waals surface area contributed by atoms with E-state index in [1.54, 1.807) is 0 Å². The fourth-order valence-corrected chi connectivity index (χ4v) is 1.54. The molecule has 2 unspecified atom stereocenters. The Labute approximate surface area is 78.7 Å². The number of hydrogen-bond acceptors (Lipinski definition) is 3. The predicted octanol–water partition coefficient (Wildman–Crippen LogP) is -0.326. The smallest absolute Gasteiger partial charge is 0.213 e. The van der Waals surface area contributed by atoms with E-state index in [4.69, 9.17) is 16.3 Å². The van der Waals surface area contributed by atoms with Crippen LogP contribution in [0.3, 0.4) is 0 Å². The molecule has 1 heterocycles. The lowest BCUT2D eigenvalue weighted by atomic mass is 10.1. The van der Waals surface area contributed by atoms with Gasteiger partial charge in [-0.2, -0.15) is 0 Å². The van der Waals surface area contributed by atoms with Gasteiger partial charge in [-0.3, -0.25) is 0 Å². The van der Waals surface area contributed by atoms with Gasteiger partial charge < -0.3 is 21.2 Å². The van der Waals surface area contributed by atoms with Gasteiger partial charge in [0.2, 0.25) is 5.96 Å². The van der Waals surface area contributed by atoms with E-state index in [0.717, 1.165) is 13.0 Å². The third-order valence-electron chi connectivity index (χ3n) is 2.37. The summed E-state index contributed by atoms with van der Waals surface area (Å²) >= 11 is 0. The molecule has 0 amide bonds. The van der Waals surface area contributed by atoms with E-state index in [0.29, 0.717) is 18.6 Å². The highest BCUT2D eigenvalue weighted by Crippen LogP contribution is 2.13. The van der Waals surface area contributed by atoms with Crippen LogP contribution in [0.1, 0.15) is 20.3 Å². The summed E-state index contributed by atoms with van der Waals surface area (Å²) in [5.74, 6) is 5.55. The Morgan fingerprint density at radius 1 is 1.69 bits per heavy atom. The van der Waals surface area contributed by atoms with Crippen molar-refractivity contribution in [3.8, 4) is 0 Å². The minimum Gasteiger partial charge on any atom is -0.375 e. The van der Waals surface area contributed by atoms with Gasteiger partial charge in [-0.05, 0) is 13.3 Å². The molecule has 0 spiro atoms. The van der Waals surface area contributed by atoms with Gasteiger partial charge in [-0.1, -0.05) is 6.92 Å². The maximum atomic E-state index is 5.67. The van der Waals surface area contributed by atoms with E-state index in [2.05, 4.69) is 12.0 Å². The fourth-order valence-electron chi connectivity index (χ4n) is 1.54. The third kappa shape index (κ3) is 2.24. The molecule has 0 aromatic carbocycles. The fraction of sp³-hybridized carbons (Fsp3) is 0.875. The van der Waals surface area contributed by atoms with Crippen molar-refractivity contribution in [3.63, 3.8) is 0 Å². The second-order valence-corrected chi connectivity index (χ2v) is 3.35. The summed E-state index contributed by atoms with van der Waals surface area (Å²) in [5.41, 5.74) is 5.67. The van der Waals surface area contributed by atoms with Crippen LogP contribution in [0.5, 0.6) is 0 Å². The number of nitrogens with zero attached hydrogens (tertiary/aromatic N) is 2. The Bertz CT molecular complexity index is 195. The lowest BCUT2D eigenvalue weighted by Crippen LogP contribution is -2.54. The minimum absolute atomic E-state index is 0.197. The number of rotatable bonds is 1. The van der Waals surface area contributed by atoms with Crippen LogP contribution in [-0.4, -0.2) is 36.2 Å². The summed E-state index contributed by atoms with van der Waals surface area (Å²) in [4.78, 5) is 2.01. The summed E-state index contributed by atoms with van der Waals surface area (Å²) in [5, 5.41) is 3.51. The van der Waals surface area contributed by atoms with Crippen LogP contribution in [-0.2, 0) is 4.74 Å². The van der Waals surface area contributed by atoms with E-state index in [-0.39, 0.29) is 6.10 Å². The number of ether oxygens (including phenoxy) is 1. The van der Waals surface area contributed by atoms with Gasteiger partial charge in [0.1, 0.15) is 0 Å². The lowest BCUT2D eigenvalue weighted by molar-refractivity contribution is -0.0289. The van der Waals surface area contributed by atoms with Crippen molar-refractivity contribution in [1.29, 1.82) is 0 Å². The summed E-state index contributed by atoms with van der Waals surface area (Å²) in [6.45, 7) is 5.59. The SMILES string of the molecule is CCC1COC(C)CN1C(N)=NN. The molecular weight excluding hydrogens is 168 g/mol. The molecule has 1 rings (SSSR count). The van der Waals surface area contributed by atoms with Crippen molar-refractivity contribution in [1.82, 2.24) is 4.90 Å². The first kappa shape index (κ1) is 10.1. The molecule has 5 nitrogen and oxygen atoms in total. The van der Waals surface area contributed by atoms with Crippen molar-refractivity contribution in [2.24, 2.45) is 16.7 Å². The van der Waals surface area contributed by atoms with E-state index in [1.165, 1.54) is 0 Å². The van der Waals surface area contributed by atoms with Crippen LogP contribution < -0.4 is 11.6 Å². The highest BCUT2D eigenvalue weighted by atomic mass is 16.5. The molecule has 5 heteroatoms. The van der Waals surface area contributed by atoms with Gasteiger partial charge in [-0.15, -0.1) is 5.10 Å². The van der Waals surface area contributed by atoms with Crippen molar-refractivity contribution in [3.05, 3.63) is 0 Å². The van der Waals surface area contributed by atoms with Gasteiger partial charge in [0.05, 0.1) is 18.8 Å². The van der Waals surface area contributed by atoms with Crippen LogP contribution in [0.2, 0.25) is 0 Å². The molecule has 4 N–H and O–H groups in total. The van der Waals surface area contributed by atoms with Gasteiger partial charge in [0.25, 0.3) is 0 Å². The van der Waals surface area contributed by atoms with Crippen LogP contribution in [0, 0.1) is 0 Å². The molecule has 0 aliphatic carbocycles. The van der Waals surface area contributed by atoms with Crippen LogP contribution in [0.15, 0.2) is 5.10 Å². The van der Waals surface area contributed by atoms with Gasteiger partial charge in [0, 0.05) is 6.54 Å². The highest BCUT2D eigenvalue weighted by Gasteiger charge is 2.26. The molecule has 1 fully saturated rings. The van der Waals surface area contributed by atoms with Crippen molar-refractivity contribution >= 4 is 5.96 Å². The predicted molar refractivity (Wildman–Crippen MR) is 52.0 cm³/mol. The lowest BCUT2D eigenvalue weighted by Gasteiger charge is -2.38. The third-order valence-corrected chi connectivity index (χ3v) is 2.37. The summed E-state index contributed by atoms with van der Waals surface area (Å²) in [6.07, 6.45) is 1.19. The molecular formula is C8H18N4O. The first-order chi connectivity index (χ1) is 6.19. The number of hydrazone groups is 1. The van der Waals surface area contributed by atoms with Crippen molar-refractivity contribution in [2.45, 2.75) is 32.4 Å². The zero-order valence-electron chi connectivity index (χ0n) is 8.23. The largest absolute Gasteiger partial charge is 0.375 e. The van der Waals surface area contributed by atoms with Gasteiger partial charge in [-0.25, -0.2) is 0 Å². The second kappa shape index (κ2) is 4.32. The number of guanidine groups is 1. The summed E-state index contributed by atoms with van der Waals surface area (Å²) in [6, 6.07) is 0.309. The monoisotopic (exact) mass is 186 g/mol. The normalized spacial score (nSPS) is 30.6. The average molecular weight is 186 g/mol. The topological polar surface area (TPSA) is 76.9 Å². The maximum absolute atomic E-state index is 5.67. The number of morpholine rings is 1. The zero-order valence-corrected chi connectivity index (χ0v) is 8.23. The van der Waals surface area contributed by atoms with E-state index >= 15 is 0 Å². The first-order valence-corrected chi connectivity index (χ1v) is 4.60. The Hall–Kier alpha value is -0.970. The molecule has 0 saturated carbocycles. The Morgan fingerprint density at radius 3 is 2.92 bits per heavy atom. The highest BCUT2D eigenvalue weighted by molar-refractivity contribution is 5.78.